The maximum atomic E-state index is 14.5. The van der Waals surface area contributed by atoms with E-state index in [1.807, 2.05) is 13.8 Å². The number of rotatable bonds is 5. The van der Waals surface area contributed by atoms with E-state index in [1.54, 1.807) is 17.0 Å². The summed E-state index contributed by atoms with van der Waals surface area (Å²) in [4.78, 5) is 36.5. The van der Waals surface area contributed by atoms with Crippen LogP contribution in [0.25, 0.3) is 0 Å². The van der Waals surface area contributed by atoms with Gasteiger partial charge in [0.1, 0.15) is 18.3 Å². The van der Waals surface area contributed by atoms with E-state index in [9.17, 15) is 18.8 Å². The number of hydrazone groups is 1. The highest BCUT2D eigenvalue weighted by Gasteiger charge is 2.33. The topological polar surface area (TPSA) is 94.5 Å². The Labute approximate surface area is 162 Å². The van der Waals surface area contributed by atoms with Gasteiger partial charge in [0, 0.05) is 13.5 Å². The molecule has 1 aromatic rings. The quantitative estimate of drug-likeness (QED) is 0.766. The van der Waals surface area contributed by atoms with Gasteiger partial charge in [-0.05, 0) is 18.2 Å². The SMILES string of the molecule is CC.CC(=O)NCC1CN(c2ccc(N3C=NN(C=O)CC3)c(F)c2)C(=O)O1. The number of anilines is 2. The van der Waals surface area contributed by atoms with Crippen molar-refractivity contribution < 1.29 is 23.5 Å². The number of cyclic esters (lactones) is 1. The normalized spacial score (nSPS) is 18.4. The Bertz CT molecular complexity index is 757. The fourth-order valence-corrected chi connectivity index (χ4v) is 2.71. The molecule has 2 heterocycles. The highest BCUT2D eigenvalue weighted by Crippen LogP contribution is 2.28. The van der Waals surface area contributed by atoms with Crippen LogP contribution in [0.15, 0.2) is 23.3 Å². The smallest absolute Gasteiger partial charge is 0.414 e. The third-order valence-electron chi connectivity index (χ3n) is 4.04. The van der Waals surface area contributed by atoms with Crippen LogP contribution in [0.4, 0.5) is 20.6 Å². The first kappa shape index (κ1) is 21.1. The number of hydrogen-bond acceptors (Lipinski definition) is 6. The molecule has 0 spiro atoms. The first-order valence-corrected chi connectivity index (χ1v) is 9.02. The number of ether oxygens (including phenoxy) is 1. The third kappa shape index (κ3) is 4.96. The van der Waals surface area contributed by atoms with E-state index in [-0.39, 0.29) is 19.0 Å². The molecular formula is C18H24FN5O4. The number of amides is 3. The molecule has 2 aliphatic rings. The molecule has 2 aliphatic heterocycles. The van der Waals surface area contributed by atoms with Crippen molar-refractivity contribution in [1.29, 1.82) is 0 Å². The van der Waals surface area contributed by atoms with Gasteiger partial charge >= 0.3 is 6.09 Å². The molecular weight excluding hydrogens is 369 g/mol. The van der Waals surface area contributed by atoms with E-state index < -0.39 is 18.0 Å². The first-order chi connectivity index (χ1) is 13.5. The maximum Gasteiger partial charge on any atom is 0.414 e. The molecule has 0 saturated carbocycles. The van der Waals surface area contributed by atoms with Crippen LogP contribution >= 0.6 is 0 Å². The van der Waals surface area contributed by atoms with E-state index in [0.717, 1.165) is 0 Å². The molecule has 1 aromatic carbocycles. The van der Waals surface area contributed by atoms with Crippen molar-refractivity contribution in [3.8, 4) is 0 Å². The van der Waals surface area contributed by atoms with Gasteiger partial charge in [-0.3, -0.25) is 14.5 Å². The molecule has 0 radical (unpaired) electrons. The van der Waals surface area contributed by atoms with Crippen LogP contribution < -0.4 is 15.1 Å². The van der Waals surface area contributed by atoms with Gasteiger partial charge in [-0.2, -0.15) is 5.10 Å². The van der Waals surface area contributed by atoms with Crippen molar-refractivity contribution in [2.24, 2.45) is 5.10 Å². The molecule has 0 aliphatic carbocycles. The molecule has 1 N–H and O–H groups in total. The van der Waals surface area contributed by atoms with E-state index in [2.05, 4.69) is 10.4 Å². The minimum absolute atomic E-state index is 0.204. The lowest BCUT2D eigenvalue weighted by Crippen LogP contribution is -2.37. The van der Waals surface area contributed by atoms with Crippen LogP contribution in [0.3, 0.4) is 0 Å². The molecule has 1 unspecified atom stereocenters. The Morgan fingerprint density at radius 1 is 1.39 bits per heavy atom. The molecule has 28 heavy (non-hydrogen) atoms. The molecule has 0 bridgehead atoms. The van der Waals surface area contributed by atoms with Crippen LogP contribution in [-0.4, -0.2) is 62.0 Å². The van der Waals surface area contributed by atoms with Crippen LogP contribution in [0, 0.1) is 5.82 Å². The molecule has 152 valence electrons. The Kier molecular flexibility index (Phi) is 7.30. The highest BCUT2D eigenvalue weighted by molar-refractivity contribution is 5.90. The molecule has 1 fully saturated rings. The number of carbonyl (C=O) groups excluding carboxylic acids is 3. The maximum absolute atomic E-state index is 14.5. The second-order valence-electron chi connectivity index (χ2n) is 5.88. The summed E-state index contributed by atoms with van der Waals surface area (Å²) >= 11 is 0. The van der Waals surface area contributed by atoms with Gasteiger partial charge in [0.2, 0.25) is 12.3 Å². The Hall–Kier alpha value is -3.17. The van der Waals surface area contributed by atoms with Crippen LogP contribution in [0.5, 0.6) is 0 Å². The van der Waals surface area contributed by atoms with Crippen molar-refractivity contribution in [1.82, 2.24) is 10.3 Å². The lowest BCUT2D eigenvalue weighted by molar-refractivity contribution is -0.119. The molecule has 1 saturated heterocycles. The second kappa shape index (κ2) is 9.67. The number of nitrogens with zero attached hydrogens (tertiary/aromatic N) is 4. The van der Waals surface area contributed by atoms with Crippen molar-refractivity contribution in [3.63, 3.8) is 0 Å². The van der Waals surface area contributed by atoms with Crippen molar-refractivity contribution >= 4 is 36.1 Å². The molecule has 10 heteroatoms. The van der Waals surface area contributed by atoms with Crippen molar-refractivity contribution in [2.75, 3.05) is 36.0 Å². The molecule has 3 amide bonds. The summed E-state index contributed by atoms with van der Waals surface area (Å²) in [6.45, 7) is 6.56. The summed E-state index contributed by atoms with van der Waals surface area (Å²) in [7, 11) is 0. The van der Waals surface area contributed by atoms with Gasteiger partial charge < -0.3 is 15.0 Å². The number of benzene rings is 1. The minimum Gasteiger partial charge on any atom is -0.442 e. The summed E-state index contributed by atoms with van der Waals surface area (Å²) in [6.07, 6.45) is 0.902. The summed E-state index contributed by atoms with van der Waals surface area (Å²) in [5.74, 6) is -0.738. The molecule has 9 nitrogen and oxygen atoms in total. The standard InChI is InChI=1S/C16H18FN5O4.C2H6/c1-11(24)18-7-13-8-22(16(25)26-13)12-2-3-15(14(17)6-12)20-4-5-21(10-23)19-9-20;1-2/h2-3,6,9-10,13H,4-5,7-8H2,1H3,(H,18,24);1-2H3. The summed E-state index contributed by atoms with van der Waals surface area (Å²) in [5.41, 5.74) is 0.662. The highest BCUT2D eigenvalue weighted by atomic mass is 19.1. The number of carbonyl (C=O) groups is 3. The third-order valence-corrected chi connectivity index (χ3v) is 4.04. The van der Waals surface area contributed by atoms with E-state index in [1.165, 1.54) is 29.2 Å². The average molecular weight is 393 g/mol. The predicted octanol–water partition coefficient (Wildman–Crippen LogP) is 1.53. The second-order valence-corrected chi connectivity index (χ2v) is 5.88. The Balaban J connectivity index is 0.00000136. The zero-order chi connectivity index (χ0) is 20.7. The number of hydrogen-bond donors (Lipinski definition) is 1. The Morgan fingerprint density at radius 3 is 2.71 bits per heavy atom. The van der Waals surface area contributed by atoms with E-state index >= 15 is 0 Å². The minimum atomic E-state index is -0.589. The molecule has 3 rings (SSSR count). The summed E-state index contributed by atoms with van der Waals surface area (Å²) < 4.78 is 19.7. The van der Waals surface area contributed by atoms with E-state index in [0.29, 0.717) is 30.9 Å². The predicted molar refractivity (Wildman–Crippen MR) is 103 cm³/mol. The largest absolute Gasteiger partial charge is 0.442 e. The summed E-state index contributed by atoms with van der Waals surface area (Å²) in [6, 6.07) is 4.40. The average Bonchev–Trinajstić information content (AvgIpc) is 3.08. The van der Waals surface area contributed by atoms with Gasteiger partial charge in [0.25, 0.3) is 0 Å². The van der Waals surface area contributed by atoms with Crippen molar-refractivity contribution in [2.45, 2.75) is 26.9 Å². The van der Waals surface area contributed by atoms with Crippen LogP contribution in [0.1, 0.15) is 20.8 Å². The lowest BCUT2D eigenvalue weighted by Gasteiger charge is -2.27. The zero-order valence-electron chi connectivity index (χ0n) is 16.1. The molecule has 0 aromatic heterocycles. The fraction of sp³-hybridized carbons (Fsp3) is 0.444. The zero-order valence-corrected chi connectivity index (χ0v) is 16.1. The molecule has 1 atom stereocenters. The van der Waals surface area contributed by atoms with Crippen molar-refractivity contribution in [3.05, 3.63) is 24.0 Å². The van der Waals surface area contributed by atoms with Gasteiger partial charge in [-0.15, -0.1) is 0 Å². The Morgan fingerprint density at radius 2 is 2.14 bits per heavy atom. The fourth-order valence-electron chi connectivity index (χ4n) is 2.71. The van der Waals surface area contributed by atoms with Gasteiger partial charge in [-0.25, -0.2) is 14.2 Å². The monoisotopic (exact) mass is 393 g/mol. The van der Waals surface area contributed by atoms with Gasteiger partial charge in [0.05, 0.1) is 31.0 Å². The van der Waals surface area contributed by atoms with Gasteiger partial charge in [0.15, 0.2) is 0 Å². The van der Waals surface area contributed by atoms with Gasteiger partial charge in [-0.1, -0.05) is 13.8 Å². The first-order valence-electron chi connectivity index (χ1n) is 9.02. The van der Waals surface area contributed by atoms with Crippen LogP contribution in [-0.2, 0) is 14.3 Å². The summed E-state index contributed by atoms with van der Waals surface area (Å²) in [5, 5.41) is 7.69. The number of nitrogens with one attached hydrogen (secondary N) is 1. The number of halogens is 1. The van der Waals surface area contributed by atoms with E-state index in [4.69, 9.17) is 4.74 Å². The lowest BCUT2D eigenvalue weighted by atomic mass is 10.2. The van der Waals surface area contributed by atoms with Crippen LogP contribution in [0.2, 0.25) is 0 Å².